The first-order chi connectivity index (χ1) is 4.84. The van der Waals surface area contributed by atoms with Crippen LogP contribution in [0.2, 0.25) is 0 Å². The van der Waals surface area contributed by atoms with E-state index in [4.69, 9.17) is 0 Å². The van der Waals surface area contributed by atoms with Crippen molar-refractivity contribution in [1.82, 2.24) is 4.72 Å². The van der Waals surface area contributed by atoms with E-state index >= 15 is 0 Å². The molecule has 0 aliphatic carbocycles. The molecule has 0 fully saturated rings. The van der Waals surface area contributed by atoms with Crippen molar-refractivity contribution >= 4 is 12.8 Å². The second kappa shape index (κ2) is 3.64. The number of rotatable bonds is 2. The van der Waals surface area contributed by atoms with Gasteiger partial charge in [-0.2, -0.15) is 0 Å². The molecule has 0 atom stereocenters. The van der Waals surface area contributed by atoms with E-state index in [2.05, 4.69) is 36.6 Å². The zero-order chi connectivity index (χ0) is 7.40. The van der Waals surface area contributed by atoms with Crippen LogP contribution in [0.5, 0.6) is 0 Å². The molecule has 0 unspecified atom stereocenters. The quantitative estimate of drug-likeness (QED) is 0.619. The normalized spacial score (nSPS) is 9.80. The third kappa shape index (κ3) is 1.75. The van der Waals surface area contributed by atoms with E-state index in [-0.39, 0.29) is 0 Å². The first-order valence-corrected chi connectivity index (χ1v) is 3.71. The maximum Gasteiger partial charge on any atom is 0.0310 e. The van der Waals surface area contributed by atoms with Crippen molar-refractivity contribution in [2.75, 3.05) is 0 Å². The van der Waals surface area contributed by atoms with E-state index in [1.54, 1.807) is 0 Å². The van der Waals surface area contributed by atoms with Crippen molar-refractivity contribution in [1.29, 1.82) is 0 Å². The highest BCUT2D eigenvalue weighted by Gasteiger charge is 1.92. The zero-order valence-corrected chi connectivity index (χ0v) is 6.86. The smallest absolute Gasteiger partial charge is 0.0310 e. The number of aryl methyl sites for hydroxylation is 1. The summed E-state index contributed by atoms with van der Waals surface area (Å²) in [5, 5.41) is 0. The van der Waals surface area contributed by atoms with Crippen LogP contribution >= 0.6 is 12.8 Å². The van der Waals surface area contributed by atoms with Gasteiger partial charge in [0.15, 0.2) is 0 Å². The largest absolute Gasteiger partial charge is 0.262 e. The molecular formula is C8H11NS. The number of thiol groups is 1. The molecule has 0 aromatic heterocycles. The summed E-state index contributed by atoms with van der Waals surface area (Å²) >= 11 is 3.93. The van der Waals surface area contributed by atoms with Crippen LogP contribution in [-0.4, -0.2) is 0 Å². The number of hydrogen-bond donors (Lipinski definition) is 2. The maximum absolute atomic E-state index is 3.93. The van der Waals surface area contributed by atoms with Gasteiger partial charge in [0.25, 0.3) is 0 Å². The average Bonchev–Trinajstić information content (AvgIpc) is 1.94. The van der Waals surface area contributed by atoms with Gasteiger partial charge in [0.1, 0.15) is 0 Å². The zero-order valence-electron chi connectivity index (χ0n) is 5.96. The summed E-state index contributed by atoms with van der Waals surface area (Å²) in [5.41, 5.74) is 2.61. The first kappa shape index (κ1) is 7.63. The van der Waals surface area contributed by atoms with Crippen LogP contribution in [-0.2, 0) is 6.54 Å². The molecule has 0 spiro atoms. The van der Waals surface area contributed by atoms with Crippen LogP contribution in [0.15, 0.2) is 24.3 Å². The molecule has 0 saturated carbocycles. The van der Waals surface area contributed by atoms with Crippen molar-refractivity contribution in [2.24, 2.45) is 0 Å². The molecule has 2 heteroatoms. The molecule has 1 rings (SSSR count). The molecular weight excluding hydrogens is 142 g/mol. The predicted octanol–water partition coefficient (Wildman–Crippen LogP) is 1.93. The van der Waals surface area contributed by atoms with Crippen LogP contribution in [0.1, 0.15) is 11.1 Å². The highest BCUT2D eigenvalue weighted by atomic mass is 32.1. The van der Waals surface area contributed by atoms with Crippen molar-refractivity contribution in [3.05, 3.63) is 35.4 Å². The fraction of sp³-hybridized carbons (Fsp3) is 0.250. The van der Waals surface area contributed by atoms with Gasteiger partial charge in [0.05, 0.1) is 0 Å². The van der Waals surface area contributed by atoms with Crippen LogP contribution < -0.4 is 4.72 Å². The topological polar surface area (TPSA) is 12.0 Å². The molecule has 54 valence electrons. The molecule has 0 bridgehead atoms. The SMILES string of the molecule is Cc1ccccc1CNS. The van der Waals surface area contributed by atoms with Crippen LogP contribution in [0.4, 0.5) is 0 Å². The lowest BCUT2D eigenvalue weighted by Crippen LogP contribution is -1.99. The number of benzene rings is 1. The molecule has 1 nitrogen and oxygen atoms in total. The summed E-state index contributed by atoms with van der Waals surface area (Å²) in [4.78, 5) is 0. The summed E-state index contributed by atoms with van der Waals surface area (Å²) in [6.07, 6.45) is 0. The van der Waals surface area contributed by atoms with Crippen molar-refractivity contribution in [3.63, 3.8) is 0 Å². The monoisotopic (exact) mass is 153 g/mol. The fourth-order valence-electron chi connectivity index (χ4n) is 0.894. The summed E-state index contributed by atoms with van der Waals surface area (Å²) in [7, 11) is 0. The van der Waals surface area contributed by atoms with Crippen LogP contribution in [0, 0.1) is 6.92 Å². The maximum atomic E-state index is 3.93. The Labute approximate surface area is 67.0 Å². The van der Waals surface area contributed by atoms with E-state index in [9.17, 15) is 0 Å². The summed E-state index contributed by atoms with van der Waals surface area (Å²) in [6, 6.07) is 8.27. The Bertz CT molecular complexity index is 210. The van der Waals surface area contributed by atoms with E-state index in [1.165, 1.54) is 11.1 Å². The van der Waals surface area contributed by atoms with E-state index in [0.717, 1.165) is 6.54 Å². The molecule has 0 saturated heterocycles. The van der Waals surface area contributed by atoms with Gasteiger partial charge in [-0.1, -0.05) is 37.1 Å². The van der Waals surface area contributed by atoms with E-state index < -0.39 is 0 Å². The Kier molecular flexibility index (Phi) is 2.78. The third-order valence-electron chi connectivity index (χ3n) is 1.53. The van der Waals surface area contributed by atoms with Gasteiger partial charge in [-0.25, -0.2) is 0 Å². The highest BCUT2D eigenvalue weighted by Crippen LogP contribution is 2.05. The van der Waals surface area contributed by atoms with Crippen LogP contribution in [0.3, 0.4) is 0 Å². The summed E-state index contributed by atoms with van der Waals surface area (Å²) in [5.74, 6) is 0. The molecule has 0 amide bonds. The van der Waals surface area contributed by atoms with Gasteiger partial charge in [-0.3, -0.25) is 4.72 Å². The minimum Gasteiger partial charge on any atom is -0.262 e. The van der Waals surface area contributed by atoms with Crippen molar-refractivity contribution in [2.45, 2.75) is 13.5 Å². The Morgan fingerprint density at radius 2 is 2.10 bits per heavy atom. The van der Waals surface area contributed by atoms with Crippen LogP contribution in [0.25, 0.3) is 0 Å². The van der Waals surface area contributed by atoms with Gasteiger partial charge < -0.3 is 0 Å². The van der Waals surface area contributed by atoms with Gasteiger partial charge >= 0.3 is 0 Å². The Hall–Kier alpha value is -0.470. The molecule has 1 aromatic rings. The molecule has 0 heterocycles. The molecule has 0 radical (unpaired) electrons. The molecule has 0 aliphatic rings. The second-order valence-electron chi connectivity index (χ2n) is 2.26. The van der Waals surface area contributed by atoms with Gasteiger partial charge in [0, 0.05) is 6.54 Å². The van der Waals surface area contributed by atoms with Gasteiger partial charge in [-0.05, 0) is 18.1 Å². The lowest BCUT2D eigenvalue weighted by molar-refractivity contribution is 0.971. The standard InChI is InChI=1S/C8H11NS/c1-7-4-2-3-5-8(7)6-9-10/h2-5,9-10H,6H2,1H3. The van der Waals surface area contributed by atoms with Gasteiger partial charge in [0.2, 0.25) is 0 Å². The number of hydrogen-bond acceptors (Lipinski definition) is 2. The third-order valence-corrected chi connectivity index (χ3v) is 1.69. The minimum atomic E-state index is 0.829. The Morgan fingerprint density at radius 1 is 1.40 bits per heavy atom. The predicted molar refractivity (Wildman–Crippen MR) is 47.0 cm³/mol. The van der Waals surface area contributed by atoms with Crippen molar-refractivity contribution in [3.8, 4) is 0 Å². The first-order valence-electron chi connectivity index (χ1n) is 3.26. The van der Waals surface area contributed by atoms with Gasteiger partial charge in [-0.15, -0.1) is 0 Å². The highest BCUT2D eigenvalue weighted by molar-refractivity contribution is 7.78. The molecule has 1 N–H and O–H groups in total. The Balaban J connectivity index is 2.81. The van der Waals surface area contributed by atoms with E-state index in [0.29, 0.717) is 0 Å². The molecule has 0 aliphatic heterocycles. The van der Waals surface area contributed by atoms with Crippen molar-refractivity contribution < 1.29 is 0 Å². The lowest BCUT2D eigenvalue weighted by Gasteiger charge is -2.01. The average molecular weight is 153 g/mol. The fourth-order valence-corrected chi connectivity index (χ4v) is 1.06. The molecule has 10 heavy (non-hydrogen) atoms. The number of nitrogens with one attached hydrogen (secondary N) is 1. The minimum absolute atomic E-state index is 0.829. The lowest BCUT2D eigenvalue weighted by atomic mass is 10.1. The molecule has 1 aromatic carbocycles. The Morgan fingerprint density at radius 3 is 2.70 bits per heavy atom. The summed E-state index contributed by atoms with van der Waals surface area (Å²) in [6.45, 7) is 2.93. The second-order valence-corrected chi connectivity index (χ2v) is 2.58. The van der Waals surface area contributed by atoms with E-state index in [1.807, 2.05) is 12.1 Å². The summed E-state index contributed by atoms with van der Waals surface area (Å²) < 4.78 is 2.82.